The third-order valence-corrected chi connectivity index (χ3v) is 4.57. The summed E-state index contributed by atoms with van der Waals surface area (Å²) in [6.07, 6.45) is 2.78. The molecule has 0 saturated carbocycles. The maximum Gasteiger partial charge on any atom is 0.275 e. The Balaban J connectivity index is 1.88. The molecule has 0 fully saturated rings. The Morgan fingerprint density at radius 1 is 1.38 bits per heavy atom. The third kappa shape index (κ3) is 3.66. The normalized spacial score (nSPS) is 11.9. The van der Waals surface area contributed by atoms with E-state index in [1.807, 2.05) is 24.3 Å². The summed E-state index contributed by atoms with van der Waals surface area (Å²) in [5.41, 5.74) is 1.39. The van der Waals surface area contributed by atoms with Crippen molar-refractivity contribution < 1.29 is 4.74 Å². The highest BCUT2D eigenvalue weighted by atomic mass is 35.5. The molecular weight excluding hydrogens is 346 g/mol. The van der Waals surface area contributed by atoms with Gasteiger partial charge in [-0.2, -0.15) is 9.61 Å². The zero-order valence-corrected chi connectivity index (χ0v) is 14.9. The molecule has 3 rings (SSSR count). The molecule has 0 spiro atoms. The fourth-order valence-electron chi connectivity index (χ4n) is 2.11. The van der Waals surface area contributed by atoms with Crippen LogP contribution in [0.5, 0.6) is 5.75 Å². The molecule has 0 saturated heterocycles. The van der Waals surface area contributed by atoms with E-state index in [1.165, 1.54) is 21.9 Å². The molecular formula is C17H16ClN3O2S. The molecule has 1 aromatic carbocycles. The van der Waals surface area contributed by atoms with Gasteiger partial charge in [0.05, 0.1) is 11.6 Å². The first-order valence-electron chi connectivity index (χ1n) is 7.55. The average Bonchev–Trinajstić information content (AvgIpc) is 2.98. The Hall–Kier alpha value is -2.18. The Morgan fingerprint density at radius 2 is 2.12 bits per heavy atom. The summed E-state index contributed by atoms with van der Waals surface area (Å²) in [4.78, 5) is 16.7. The first-order valence-corrected chi connectivity index (χ1v) is 8.74. The molecule has 0 radical (unpaired) electrons. The number of rotatable bonds is 5. The van der Waals surface area contributed by atoms with Crippen LogP contribution in [0.15, 0.2) is 35.1 Å². The van der Waals surface area contributed by atoms with Gasteiger partial charge in [-0.15, -0.1) is 0 Å². The minimum absolute atomic E-state index is 0.207. The Bertz CT molecular complexity index is 945. The van der Waals surface area contributed by atoms with E-state index in [0.717, 1.165) is 17.7 Å². The van der Waals surface area contributed by atoms with Crippen molar-refractivity contribution in [3.63, 3.8) is 0 Å². The van der Waals surface area contributed by atoms with Crippen molar-refractivity contribution in [1.82, 2.24) is 14.6 Å². The molecule has 2 aromatic heterocycles. The largest absolute Gasteiger partial charge is 0.494 e. The lowest BCUT2D eigenvalue weighted by Crippen LogP contribution is -2.14. The summed E-state index contributed by atoms with van der Waals surface area (Å²) >= 11 is 7.65. The van der Waals surface area contributed by atoms with Gasteiger partial charge in [0.25, 0.3) is 5.56 Å². The van der Waals surface area contributed by atoms with Crippen LogP contribution in [0.25, 0.3) is 16.1 Å². The minimum Gasteiger partial charge on any atom is -0.494 e. The van der Waals surface area contributed by atoms with Crippen LogP contribution >= 0.6 is 22.9 Å². The minimum atomic E-state index is -0.207. The maximum absolute atomic E-state index is 11.9. The Kier molecular flexibility index (Phi) is 4.97. The lowest BCUT2D eigenvalue weighted by atomic mass is 10.2. The van der Waals surface area contributed by atoms with Gasteiger partial charge in [-0.05, 0) is 37.1 Å². The zero-order valence-electron chi connectivity index (χ0n) is 13.3. The first-order chi connectivity index (χ1) is 11.6. The summed E-state index contributed by atoms with van der Waals surface area (Å²) in [6.45, 7) is 4.54. The van der Waals surface area contributed by atoms with Crippen LogP contribution in [0.1, 0.15) is 29.6 Å². The summed E-state index contributed by atoms with van der Waals surface area (Å²) in [5, 5.41) is 5.26. The number of aryl methyl sites for hydroxylation is 1. The molecule has 124 valence electrons. The van der Waals surface area contributed by atoms with Crippen molar-refractivity contribution in [3.05, 3.63) is 57.0 Å². The average molecular weight is 362 g/mol. The number of hydrogen-bond donors (Lipinski definition) is 0. The van der Waals surface area contributed by atoms with Gasteiger partial charge in [0.15, 0.2) is 5.01 Å². The summed E-state index contributed by atoms with van der Waals surface area (Å²) in [5.74, 6) is 0.830. The van der Waals surface area contributed by atoms with E-state index < -0.39 is 0 Å². The van der Waals surface area contributed by atoms with Gasteiger partial charge in [-0.3, -0.25) is 4.79 Å². The number of nitrogens with zero attached hydrogens (tertiary/aromatic N) is 3. The van der Waals surface area contributed by atoms with Crippen LogP contribution in [0, 0.1) is 6.92 Å². The molecule has 24 heavy (non-hydrogen) atoms. The van der Waals surface area contributed by atoms with E-state index in [0.29, 0.717) is 27.3 Å². The number of fused-ring (bicyclic) bond motifs is 1. The fraction of sp³-hybridized carbons (Fsp3) is 0.235. The molecule has 0 aliphatic rings. The highest BCUT2D eigenvalue weighted by Gasteiger charge is 2.10. The van der Waals surface area contributed by atoms with Gasteiger partial charge < -0.3 is 4.74 Å². The number of halogens is 1. The van der Waals surface area contributed by atoms with Gasteiger partial charge in [0.2, 0.25) is 4.96 Å². The second kappa shape index (κ2) is 7.15. The molecule has 0 atom stereocenters. The van der Waals surface area contributed by atoms with Crippen LogP contribution in [0.2, 0.25) is 0 Å². The molecule has 0 N–H and O–H groups in total. The van der Waals surface area contributed by atoms with E-state index in [4.69, 9.17) is 16.3 Å². The highest BCUT2D eigenvalue weighted by Crippen LogP contribution is 2.26. The van der Waals surface area contributed by atoms with Crippen molar-refractivity contribution >= 4 is 39.0 Å². The lowest BCUT2D eigenvalue weighted by molar-refractivity contribution is 0.317. The van der Waals surface area contributed by atoms with Gasteiger partial charge >= 0.3 is 0 Å². The van der Waals surface area contributed by atoms with Gasteiger partial charge in [-0.1, -0.05) is 42.0 Å². The molecule has 0 aliphatic heterocycles. The molecule has 0 aliphatic carbocycles. The standard InChI is InChI=1S/C17H16ClN3O2S/c1-3-8-23-13-6-4-12(5-7-13)10-14(18)16-20-21-15(22)9-11(2)19-17(21)24-16/h4-7,9-10H,3,8H2,1-2H3/b14-10-. The summed E-state index contributed by atoms with van der Waals surface area (Å²) < 4.78 is 6.82. The van der Waals surface area contributed by atoms with Crippen molar-refractivity contribution in [2.45, 2.75) is 20.3 Å². The van der Waals surface area contributed by atoms with E-state index in [-0.39, 0.29) is 5.56 Å². The zero-order chi connectivity index (χ0) is 17.1. The lowest BCUT2D eigenvalue weighted by Gasteiger charge is -2.04. The van der Waals surface area contributed by atoms with Gasteiger partial charge in [-0.25, -0.2) is 4.98 Å². The Labute approximate surface area is 148 Å². The van der Waals surface area contributed by atoms with Crippen LogP contribution in [-0.4, -0.2) is 21.2 Å². The van der Waals surface area contributed by atoms with Crippen molar-refractivity contribution in [2.24, 2.45) is 0 Å². The number of benzene rings is 1. The quantitative estimate of drug-likeness (QED) is 0.689. The second-order valence-corrected chi connectivity index (χ2v) is 6.61. The van der Waals surface area contributed by atoms with Crippen LogP contribution < -0.4 is 10.3 Å². The van der Waals surface area contributed by atoms with E-state index >= 15 is 0 Å². The van der Waals surface area contributed by atoms with Gasteiger partial charge in [0, 0.05) is 11.8 Å². The SMILES string of the molecule is CCCOc1ccc(/C=C(\Cl)c2nn3c(=O)cc(C)nc3s2)cc1. The number of ether oxygens (including phenoxy) is 1. The first kappa shape index (κ1) is 16.7. The molecule has 0 unspecified atom stereocenters. The third-order valence-electron chi connectivity index (χ3n) is 3.22. The summed E-state index contributed by atoms with van der Waals surface area (Å²) in [7, 11) is 0. The fourth-order valence-corrected chi connectivity index (χ4v) is 3.24. The summed E-state index contributed by atoms with van der Waals surface area (Å²) in [6, 6.07) is 9.10. The number of aromatic nitrogens is 3. The van der Waals surface area contributed by atoms with E-state index in [9.17, 15) is 4.79 Å². The highest BCUT2D eigenvalue weighted by molar-refractivity contribution is 7.18. The predicted octanol–water partition coefficient (Wildman–Crippen LogP) is 3.99. The smallest absolute Gasteiger partial charge is 0.275 e. The number of hydrogen-bond acceptors (Lipinski definition) is 5. The molecule has 7 heteroatoms. The van der Waals surface area contributed by atoms with Crippen molar-refractivity contribution in [2.75, 3.05) is 6.61 Å². The monoisotopic (exact) mass is 361 g/mol. The second-order valence-electron chi connectivity index (χ2n) is 5.25. The predicted molar refractivity (Wildman–Crippen MR) is 97.8 cm³/mol. The van der Waals surface area contributed by atoms with Crippen LogP contribution in [0.4, 0.5) is 0 Å². The molecule has 0 amide bonds. The van der Waals surface area contributed by atoms with Crippen molar-refractivity contribution in [3.8, 4) is 5.75 Å². The topological polar surface area (TPSA) is 56.5 Å². The molecule has 3 aromatic rings. The Morgan fingerprint density at radius 3 is 2.83 bits per heavy atom. The molecule has 2 heterocycles. The molecule has 0 bridgehead atoms. The maximum atomic E-state index is 11.9. The van der Waals surface area contributed by atoms with Gasteiger partial charge in [0.1, 0.15) is 5.75 Å². The van der Waals surface area contributed by atoms with E-state index in [1.54, 1.807) is 13.0 Å². The van der Waals surface area contributed by atoms with E-state index in [2.05, 4.69) is 17.0 Å². The molecule has 5 nitrogen and oxygen atoms in total. The van der Waals surface area contributed by atoms with Crippen molar-refractivity contribution in [1.29, 1.82) is 0 Å². The van der Waals surface area contributed by atoms with Crippen LogP contribution in [-0.2, 0) is 0 Å². The van der Waals surface area contributed by atoms with Crippen LogP contribution in [0.3, 0.4) is 0 Å².